The highest BCUT2D eigenvalue weighted by atomic mass is 16.4. The lowest BCUT2D eigenvalue weighted by molar-refractivity contribution is 0.0794. The number of benzene rings is 1. The summed E-state index contributed by atoms with van der Waals surface area (Å²) >= 11 is 0. The zero-order chi connectivity index (χ0) is 16.6. The summed E-state index contributed by atoms with van der Waals surface area (Å²) in [5.74, 6) is 0.598. The van der Waals surface area contributed by atoms with E-state index in [0.717, 1.165) is 11.0 Å². The van der Waals surface area contributed by atoms with Crippen molar-refractivity contribution in [1.29, 1.82) is 0 Å². The number of fused-ring (bicyclic) bond motifs is 1. The van der Waals surface area contributed by atoms with Crippen molar-refractivity contribution < 1.29 is 9.21 Å². The number of aromatic nitrogens is 2. The van der Waals surface area contributed by atoms with Crippen LogP contribution < -0.4 is 5.56 Å². The molecule has 0 bridgehead atoms. The Balaban J connectivity index is 2.04. The number of nitrogens with zero attached hydrogens (tertiary/aromatic N) is 3. The number of rotatable bonds is 3. The van der Waals surface area contributed by atoms with Gasteiger partial charge in [-0.05, 0) is 31.2 Å². The summed E-state index contributed by atoms with van der Waals surface area (Å²) in [6, 6.07) is 10.8. The molecule has 0 aliphatic carbocycles. The molecule has 0 aliphatic heterocycles. The van der Waals surface area contributed by atoms with Crippen LogP contribution in [0.25, 0.3) is 11.0 Å². The van der Waals surface area contributed by atoms with Gasteiger partial charge in [0, 0.05) is 14.1 Å². The van der Waals surface area contributed by atoms with Crippen molar-refractivity contribution in [2.24, 2.45) is 0 Å². The number of para-hydroxylation sites is 2. The maximum atomic E-state index is 12.4. The normalized spacial score (nSPS) is 10.9. The van der Waals surface area contributed by atoms with Gasteiger partial charge in [-0.15, -0.1) is 0 Å². The van der Waals surface area contributed by atoms with E-state index in [4.69, 9.17) is 4.42 Å². The molecule has 6 heteroatoms. The van der Waals surface area contributed by atoms with Crippen molar-refractivity contribution in [2.75, 3.05) is 14.1 Å². The zero-order valence-corrected chi connectivity index (χ0v) is 13.2. The fourth-order valence-electron chi connectivity index (χ4n) is 2.43. The number of aryl methyl sites for hydroxylation is 1. The van der Waals surface area contributed by atoms with Gasteiger partial charge in [0.15, 0.2) is 5.76 Å². The van der Waals surface area contributed by atoms with E-state index in [1.165, 1.54) is 4.90 Å². The van der Waals surface area contributed by atoms with Gasteiger partial charge in [-0.1, -0.05) is 12.1 Å². The summed E-state index contributed by atoms with van der Waals surface area (Å²) in [6.45, 7) is 1.94. The third-order valence-corrected chi connectivity index (χ3v) is 3.61. The van der Waals surface area contributed by atoms with Crippen molar-refractivity contribution in [3.05, 3.63) is 64.0 Å². The number of carbonyl (C=O) groups excluding carboxylic acids is 1. The monoisotopic (exact) mass is 311 g/mol. The van der Waals surface area contributed by atoms with Crippen LogP contribution in [0.1, 0.15) is 22.0 Å². The predicted molar refractivity (Wildman–Crippen MR) is 86.6 cm³/mol. The van der Waals surface area contributed by atoms with Gasteiger partial charge in [0.1, 0.15) is 11.5 Å². The van der Waals surface area contributed by atoms with Gasteiger partial charge in [-0.3, -0.25) is 14.2 Å². The number of amides is 1. The molecule has 2 heterocycles. The lowest BCUT2D eigenvalue weighted by Gasteiger charge is -2.10. The number of furan rings is 1. The van der Waals surface area contributed by atoms with Crippen LogP contribution in [0.4, 0.5) is 0 Å². The van der Waals surface area contributed by atoms with E-state index in [1.807, 2.05) is 24.3 Å². The Morgan fingerprint density at radius 2 is 1.96 bits per heavy atom. The molecule has 0 saturated carbocycles. The van der Waals surface area contributed by atoms with Gasteiger partial charge in [0.25, 0.3) is 11.5 Å². The second kappa shape index (κ2) is 5.72. The molecule has 6 nitrogen and oxygen atoms in total. The van der Waals surface area contributed by atoms with Gasteiger partial charge in [0.2, 0.25) is 0 Å². The Morgan fingerprint density at radius 1 is 1.22 bits per heavy atom. The van der Waals surface area contributed by atoms with Crippen LogP contribution in [0.15, 0.2) is 45.6 Å². The van der Waals surface area contributed by atoms with Crippen molar-refractivity contribution >= 4 is 16.9 Å². The van der Waals surface area contributed by atoms with Crippen molar-refractivity contribution in [3.63, 3.8) is 0 Å². The maximum absolute atomic E-state index is 12.4. The van der Waals surface area contributed by atoms with E-state index in [9.17, 15) is 9.59 Å². The minimum Gasteiger partial charge on any atom is -0.454 e. The predicted octanol–water partition coefficient (Wildman–Crippen LogP) is 2.05. The molecule has 3 aromatic rings. The molecule has 3 rings (SSSR count). The van der Waals surface area contributed by atoms with Crippen molar-refractivity contribution in [3.8, 4) is 0 Å². The smallest absolute Gasteiger partial charge is 0.289 e. The molecular weight excluding hydrogens is 294 g/mol. The lowest BCUT2D eigenvalue weighted by Crippen LogP contribution is -2.24. The van der Waals surface area contributed by atoms with E-state index >= 15 is 0 Å². The largest absolute Gasteiger partial charge is 0.454 e. The Morgan fingerprint density at radius 3 is 2.70 bits per heavy atom. The Labute approximate surface area is 133 Å². The van der Waals surface area contributed by atoms with E-state index in [0.29, 0.717) is 11.5 Å². The first-order valence-electron chi connectivity index (χ1n) is 7.24. The number of hydrogen-bond donors (Lipinski definition) is 0. The minimum absolute atomic E-state index is 0.166. The fraction of sp³-hybridized carbons (Fsp3) is 0.235. The standard InChI is InChI=1S/C17H17N3O3/c1-11-16(21)20(14-7-5-4-6-13(14)18-11)10-12-8-9-15(23-12)17(22)19(2)3/h4-9H,10H2,1-3H3. The first-order chi connectivity index (χ1) is 11.0. The second-order valence-electron chi connectivity index (χ2n) is 5.54. The van der Waals surface area contributed by atoms with Gasteiger partial charge in [-0.25, -0.2) is 4.98 Å². The third-order valence-electron chi connectivity index (χ3n) is 3.61. The molecule has 0 saturated heterocycles. The van der Waals surface area contributed by atoms with Crippen LogP contribution in [0.2, 0.25) is 0 Å². The summed E-state index contributed by atoms with van der Waals surface area (Å²) < 4.78 is 7.19. The molecule has 0 atom stereocenters. The first-order valence-corrected chi connectivity index (χ1v) is 7.24. The topological polar surface area (TPSA) is 68.3 Å². The quantitative estimate of drug-likeness (QED) is 0.742. The highest BCUT2D eigenvalue weighted by molar-refractivity contribution is 5.91. The molecule has 0 N–H and O–H groups in total. The third kappa shape index (κ3) is 2.75. The van der Waals surface area contributed by atoms with E-state index < -0.39 is 0 Å². The summed E-state index contributed by atoms with van der Waals surface area (Å²) in [5, 5.41) is 0. The van der Waals surface area contributed by atoms with Gasteiger partial charge in [-0.2, -0.15) is 0 Å². The molecule has 1 amide bonds. The highest BCUT2D eigenvalue weighted by Crippen LogP contribution is 2.14. The summed E-state index contributed by atoms with van der Waals surface area (Å²) in [5.41, 5.74) is 1.75. The average Bonchev–Trinajstić information content (AvgIpc) is 2.99. The lowest BCUT2D eigenvalue weighted by atomic mass is 10.2. The van der Waals surface area contributed by atoms with Crippen LogP contribution in [-0.4, -0.2) is 34.5 Å². The molecule has 0 spiro atoms. The number of hydrogen-bond acceptors (Lipinski definition) is 4. The molecule has 0 aliphatic rings. The van der Waals surface area contributed by atoms with Crippen LogP contribution in [0, 0.1) is 6.92 Å². The molecule has 0 fully saturated rings. The van der Waals surface area contributed by atoms with Crippen molar-refractivity contribution in [1.82, 2.24) is 14.5 Å². The maximum Gasteiger partial charge on any atom is 0.289 e. The zero-order valence-electron chi connectivity index (χ0n) is 13.2. The van der Waals surface area contributed by atoms with Crippen molar-refractivity contribution in [2.45, 2.75) is 13.5 Å². The SMILES string of the molecule is Cc1nc2ccccc2n(Cc2ccc(C(=O)N(C)C)o2)c1=O. The minimum atomic E-state index is -0.209. The molecule has 0 radical (unpaired) electrons. The van der Waals surface area contributed by atoms with Gasteiger partial charge < -0.3 is 9.32 Å². The van der Waals surface area contributed by atoms with E-state index in [2.05, 4.69) is 4.98 Å². The number of carbonyl (C=O) groups is 1. The van der Waals surface area contributed by atoms with Crippen LogP contribution in [-0.2, 0) is 6.54 Å². The second-order valence-corrected chi connectivity index (χ2v) is 5.54. The van der Waals surface area contributed by atoms with Gasteiger partial charge >= 0.3 is 0 Å². The average molecular weight is 311 g/mol. The molecular formula is C17H17N3O3. The first kappa shape index (κ1) is 15.0. The summed E-state index contributed by atoms with van der Waals surface area (Å²) in [4.78, 5) is 30.1. The van der Waals surface area contributed by atoms with Crippen LogP contribution >= 0.6 is 0 Å². The molecule has 118 valence electrons. The van der Waals surface area contributed by atoms with E-state index in [-0.39, 0.29) is 23.8 Å². The molecule has 0 unspecified atom stereocenters. The molecule has 1 aromatic carbocycles. The molecule has 2 aromatic heterocycles. The Bertz CT molecular complexity index is 938. The molecule has 23 heavy (non-hydrogen) atoms. The fourth-order valence-corrected chi connectivity index (χ4v) is 2.43. The Hall–Kier alpha value is -2.89. The summed E-state index contributed by atoms with van der Waals surface area (Å²) in [6.07, 6.45) is 0. The van der Waals surface area contributed by atoms with Gasteiger partial charge in [0.05, 0.1) is 17.6 Å². The van der Waals surface area contributed by atoms with E-state index in [1.54, 1.807) is 37.7 Å². The van der Waals surface area contributed by atoms with Crippen LogP contribution in [0.3, 0.4) is 0 Å². The Kier molecular flexibility index (Phi) is 3.73. The summed E-state index contributed by atoms with van der Waals surface area (Å²) in [7, 11) is 3.32. The van der Waals surface area contributed by atoms with Crippen LogP contribution in [0.5, 0.6) is 0 Å². The highest BCUT2D eigenvalue weighted by Gasteiger charge is 2.15.